The van der Waals surface area contributed by atoms with E-state index < -0.39 is 65.9 Å². The first-order chi connectivity index (χ1) is 45.0. The fraction of sp³-hybridized carbons (Fsp3) is 0.349. The first kappa shape index (κ1) is 66.7. The van der Waals surface area contributed by atoms with E-state index in [0.29, 0.717) is 0 Å². The molecule has 14 rings (SSSR count). The fourth-order valence-corrected chi connectivity index (χ4v) is 147. The Kier molecular flexibility index (Phi) is 15.4. The number of hydrogen-bond acceptors (Lipinski definition) is 4. The monoisotopic (exact) mass is 1410 g/mol. The number of allylic oxidation sites excluding steroid dienone is 32. The molecule has 2 heterocycles. The first-order valence-corrected chi connectivity index (χ1v) is 50.4. The molecule has 0 N–H and O–H groups in total. The van der Waals surface area contributed by atoms with Crippen LogP contribution in [0.5, 0.6) is 0 Å². The molecule has 0 radical (unpaired) electrons. The summed E-state index contributed by atoms with van der Waals surface area (Å²) >= 11 is -7.69. The second-order valence-electron chi connectivity index (χ2n) is 31.3. The molecule has 0 aromatic heterocycles. The Balaban J connectivity index is 1.15. The van der Waals surface area contributed by atoms with Gasteiger partial charge in [0.1, 0.15) is 0 Å². The van der Waals surface area contributed by atoms with Crippen molar-refractivity contribution in [3.63, 3.8) is 0 Å². The van der Waals surface area contributed by atoms with Crippen LogP contribution in [0.3, 0.4) is 0 Å². The van der Waals surface area contributed by atoms with E-state index in [1.165, 1.54) is 89.1 Å². The quantitative estimate of drug-likeness (QED) is 0.133. The molecule has 95 heavy (non-hydrogen) atoms. The molecule has 2 aliphatic heterocycles. The summed E-state index contributed by atoms with van der Waals surface area (Å²) in [5.74, 6) is -0.321. The van der Waals surface area contributed by atoms with E-state index in [1.807, 2.05) is 0 Å². The second-order valence-corrected chi connectivity index (χ2v) is 71.1. The van der Waals surface area contributed by atoms with Crippen LogP contribution in [0.2, 0.25) is 24.1 Å². The van der Waals surface area contributed by atoms with E-state index in [-0.39, 0.29) is 23.7 Å². The molecule has 8 unspecified atom stereocenters. The van der Waals surface area contributed by atoms with Crippen LogP contribution in [-0.2, 0) is 56.3 Å². The molecule has 9 heteroatoms. The van der Waals surface area contributed by atoms with Crippen LogP contribution in [0.15, 0.2) is 285 Å². The van der Waals surface area contributed by atoms with E-state index in [2.05, 4.69) is 315 Å². The molecule has 2 fully saturated rings. The van der Waals surface area contributed by atoms with E-state index >= 15 is 0 Å². The van der Waals surface area contributed by atoms with Crippen molar-refractivity contribution >= 4 is 34.6 Å². The molecule has 490 valence electrons. The molecule has 4 aromatic rings. The topological polar surface area (TPSA) is 36.9 Å². The van der Waals surface area contributed by atoms with Crippen molar-refractivity contribution in [1.29, 1.82) is 0 Å². The number of benzene rings is 4. The van der Waals surface area contributed by atoms with Gasteiger partial charge in [-0.05, 0) is 0 Å². The van der Waals surface area contributed by atoms with Crippen LogP contribution in [0.4, 0.5) is 0 Å². The molecule has 8 aliphatic carbocycles. The molecule has 0 saturated carbocycles. The van der Waals surface area contributed by atoms with Gasteiger partial charge < -0.3 is 0 Å². The summed E-state index contributed by atoms with van der Waals surface area (Å²) in [5, 5.41) is 0. The van der Waals surface area contributed by atoms with Crippen molar-refractivity contribution in [1.82, 2.24) is 0 Å². The van der Waals surface area contributed by atoms with Gasteiger partial charge in [0.15, 0.2) is 0 Å². The summed E-state index contributed by atoms with van der Waals surface area (Å²) in [5.41, 5.74) is 23.7. The molecule has 2 saturated heterocycles. The third kappa shape index (κ3) is 7.63. The van der Waals surface area contributed by atoms with E-state index in [9.17, 15) is 17.0 Å². The Labute approximate surface area is 575 Å². The maximum atomic E-state index is 11.5. The van der Waals surface area contributed by atoms with Gasteiger partial charge in [-0.2, -0.15) is 0 Å². The zero-order valence-corrected chi connectivity index (χ0v) is 65.4. The van der Waals surface area contributed by atoms with Crippen molar-refractivity contribution < 1.29 is 33.9 Å². The van der Waals surface area contributed by atoms with Gasteiger partial charge in [-0.1, -0.05) is 0 Å². The van der Waals surface area contributed by atoms with Crippen molar-refractivity contribution in [2.24, 2.45) is 0 Å². The molecule has 4 nitrogen and oxygen atoms in total. The van der Waals surface area contributed by atoms with Crippen LogP contribution in [0.25, 0.3) is 0 Å². The average Bonchev–Trinajstić information content (AvgIpc) is 1.53. The van der Waals surface area contributed by atoms with Gasteiger partial charge in [-0.15, -0.1) is 0 Å². The summed E-state index contributed by atoms with van der Waals surface area (Å²) < 4.78 is 21.3. The van der Waals surface area contributed by atoms with E-state index in [1.54, 1.807) is 28.4 Å². The Morgan fingerprint density at radius 1 is 0.326 bits per heavy atom. The maximum absolute atomic E-state index is 11.5. The summed E-state index contributed by atoms with van der Waals surface area (Å²) in [7, 11) is 25.0. The Morgan fingerprint density at radius 3 is 0.695 bits per heavy atom. The molecular weight excluding hydrogens is 1320 g/mol. The summed E-state index contributed by atoms with van der Waals surface area (Å²) in [6, 6.07) is 37.0. The zero-order valence-electron chi connectivity index (χ0n) is 59.1. The number of rotatable bonds is 12. The number of fused-ring (bicyclic) bond motifs is 8. The van der Waals surface area contributed by atoms with Gasteiger partial charge in [-0.3, -0.25) is 0 Å². The first-order valence-electron chi connectivity index (χ1n) is 34.5. The SMILES string of the molecule is COC(C)(C)c1ccc(C2C=CC=CC3=C2C=C(C)[C]32[SiH](C)[C]3(C(C)=CC4=C3C=CC=CC4c3ccc(C(C)(C)OC)cc3)[Zr]23([Cl])([Cl])[C]2(C(C)=CC4=C2C=CC=CC4c2ccc(C(C)(C)OC)cc2)[SiH](C)[C]32C(C)=CC3=C2C=CC=CC3c2ccc(C(C)(C)OC)cc2)cc1. The van der Waals surface area contributed by atoms with Crippen LogP contribution in [0.1, 0.15) is 151 Å². The fourth-order valence-electron chi connectivity index (χ4n) is 22.7. The zero-order chi connectivity index (χ0) is 67.7. The van der Waals surface area contributed by atoms with E-state index in [4.69, 9.17) is 18.9 Å². The summed E-state index contributed by atoms with van der Waals surface area (Å²) in [6.45, 7) is 32.7. The number of halogens is 2. The molecule has 10 aliphatic rings. The predicted molar refractivity (Wildman–Crippen MR) is 402 cm³/mol. The normalized spacial score (nSPS) is 31.9. The molecule has 8 atom stereocenters. The molecule has 0 bridgehead atoms. The number of hydrogen-bond donors (Lipinski definition) is 0. The standard InChI is InChI=1S/2C43H48O2Si.2ClH.Zr/c2*1-28-26-38-34(30-18-22-32(23-19-30)42(3,4)44-7)14-10-12-16-36(38)40(28)46(9)41-29(2)27-39-35(15-11-13-17-37(39)41)31-20-24-33(25-21-31)43(5,6)45-8;;;/h2*10-27,34-35,46H,1-9H3;2*1H;/q;;;;+2/p-2. The van der Waals surface area contributed by atoms with Crippen molar-refractivity contribution in [2.45, 2.75) is 153 Å². The third-order valence-electron chi connectivity index (χ3n) is 27.0. The van der Waals surface area contributed by atoms with Crippen molar-refractivity contribution in [2.75, 3.05) is 28.4 Å². The van der Waals surface area contributed by atoms with Crippen molar-refractivity contribution in [3.05, 3.63) is 330 Å². The van der Waals surface area contributed by atoms with Crippen LogP contribution in [-0.4, -0.2) is 46.0 Å². The molecule has 4 aromatic carbocycles. The molecule has 0 amide bonds. The third-order valence-corrected chi connectivity index (χ3v) is 112. The number of methoxy groups -OCH3 is 4. The number of ether oxygens (including phenoxy) is 4. The van der Waals surface area contributed by atoms with Gasteiger partial charge >= 0.3 is 580 Å². The van der Waals surface area contributed by atoms with Gasteiger partial charge in [0.2, 0.25) is 0 Å². The summed E-state index contributed by atoms with van der Waals surface area (Å²) in [4.78, 5) is 0. The molecular formula is C86H96Cl2O4Si2Zr. The minimum absolute atomic E-state index is 0.0803. The van der Waals surface area contributed by atoms with E-state index in [0.717, 1.165) is 22.3 Å². The van der Waals surface area contributed by atoms with Crippen molar-refractivity contribution in [3.8, 4) is 0 Å². The van der Waals surface area contributed by atoms with Gasteiger partial charge in [0, 0.05) is 0 Å². The average molecular weight is 1410 g/mol. The van der Waals surface area contributed by atoms with Gasteiger partial charge in [-0.25, -0.2) is 0 Å². The van der Waals surface area contributed by atoms with Crippen LogP contribution >= 0.6 is 17.0 Å². The Morgan fingerprint density at radius 2 is 0.516 bits per heavy atom. The Bertz CT molecular complexity index is 3940. The van der Waals surface area contributed by atoms with Gasteiger partial charge in [0.05, 0.1) is 0 Å². The minimum atomic E-state index is -7.69. The molecule has 5 spiro atoms. The van der Waals surface area contributed by atoms with Crippen LogP contribution in [0, 0.1) is 0 Å². The summed E-state index contributed by atoms with van der Waals surface area (Å²) in [6.07, 6.45) is 49.1. The second kappa shape index (κ2) is 22.0. The van der Waals surface area contributed by atoms with Gasteiger partial charge in [0.25, 0.3) is 0 Å². The Hall–Kier alpha value is -5.54. The van der Waals surface area contributed by atoms with Crippen LogP contribution < -0.4 is 0 Å². The predicted octanol–water partition coefficient (Wildman–Crippen LogP) is 22.2.